The lowest BCUT2D eigenvalue weighted by Gasteiger charge is -2.30. The Balaban J connectivity index is 0.00000306. The first-order valence-corrected chi connectivity index (χ1v) is 12.0. The van der Waals surface area contributed by atoms with E-state index in [-0.39, 0.29) is 24.0 Å². The van der Waals surface area contributed by atoms with Gasteiger partial charge in [0, 0.05) is 45.5 Å². The molecule has 0 amide bonds. The molecule has 2 aromatic carbocycles. The minimum atomic E-state index is 0. The van der Waals surface area contributed by atoms with E-state index in [4.69, 9.17) is 4.74 Å². The molecule has 0 bridgehead atoms. The molecule has 2 heterocycles. The molecule has 0 atom stereocenters. The number of hydrogen-bond acceptors (Lipinski definition) is 4. The zero-order valence-corrected chi connectivity index (χ0v) is 22.1. The first-order valence-electron chi connectivity index (χ1n) is 12.0. The minimum Gasteiger partial charge on any atom is -0.378 e. The van der Waals surface area contributed by atoms with Crippen LogP contribution >= 0.6 is 24.0 Å². The first-order chi connectivity index (χ1) is 15.8. The summed E-state index contributed by atoms with van der Waals surface area (Å²) < 4.78 is 5.51. The van der Waals surface area contributed by atoms with Crippen LogP contribution in [0, 0.1) is 0 Å². The van der Waals surface area contributed by atoms with Gasteiger partial charge in [-0.15, -0.1) is 24.0 Å². The van der Waals surface area contributed by atoms with Gasteiger partial charge in [-0.25, -0.2) is 0 Å². The Morgan fingerprint density at radius 1 is 0.848 bits per heavy atom. The van der Waals surface area contributed by atoms with Gasteiger partial charge in [0.05, 0.1) is 13.2 Å². The van der Waals surface area contributed by atoms with Crippen LogP contribution in [0.3, 0.4) is 0 Å². The second-order valence-corrected chi connectivity index (χ2v) is 8.66. The number of benzene rings is 2. The van der Waals surface area contributed by atoms with Gasteiger partial charge in [-0.3, -0.25) is 9.89 Å². The molecular formula is C26H38IN5O. The highest BCUT2D eigenvalue weighted by atomic mass is 127. The Bertz CT molecular complexity index is 861. The SMILES string of the molecule is CN=C(NCc1ccc(CN2CCCCC2)cc1)NCc1ccccc1N1CCOCC1.I. The highest BCUT2D eigenvalue weighted by Gasteiger charge is 2.14. The third-order valence-corrected chi connectivity index (χ3v) is 6.35. The predicted molar refractivity (Wildman–Crippen MR) is 147 cm³/mol. The van der Waals surface area contributed by atoms with Crippen LogP contribution in [0.4, 0.5) is 5.69 Å². The summed E-state index contributed by atoms with van der Waals surface area (Å²) in [6, 6.07) is 17.6. The zero-order chi connectivity index (χ0) is 22.0. The van der Waals surface area contributed by atoms with E-state index in [1.807, 2.05) is 7.05 Å². The number of rotatable bonds is 7. The topological polar surface area (TPSA) is 52.1 Å². The van der Waals surface area contributed by atoms with Crippen molar-refractivity contribution in [3.8, 4) is 0 Å². The van der Waals surface area contributed by atoms with Crippen molar-refractivity contribution in [3.63, 3.8) is 0 Å². The number of guanidine groups is 1. The smallest absolute Gasteiger partial charge is 0.191 e. The van der Waals surface area contributed by atoms with Crippen molar-refractivity contribution in [2.45, 2.75) is 38.9 Å². The number of morpholine rings is 1. The maximum Gasteiger partial charge on any atom is 0.191 e. The van der Waals surface area contributed by atoms with Crippen LogP contribution in [-0.2, 0) is 24.4 Å². The number of halogens is 1. The highest BCUT2D eigenvalue weighted by molar-refractivity contribution is 14.0. The van der Waals surface area contributed by atoms with Gasteiger partial charge in [-0.1, -0.05) is 48.9 Å². The summed E-state index contributed by atoms with van der Waals surface area (Å²) >= 11 is 0. The van der Waals surface area contributed by atoms with Gasteiger partial charge in [0.2, 0.25) is 0 Å². The van der Waals surface area contributed by atoms with Gasteiger partial charge >= 0.3 is 0 Å². The fourth-order valence-corrected chi connectivity index (χ4v) is 4.50. The number of anilines is 1. The van der Waals surface area contributed by atoms with E-state index in [2.05, 4.69) is 74.0 Å². The van der Waals surface area contributed by atoms with E-state index in [1.54, 1.807) is 0 Å². The lowest BCUT2D eigenvalue weighted by Crippen LogP contribution is -2.39. The molecule has 0 unspecified atom stereocenters. The summed E-state index contributed by atoms with van der Waals surface area (Å²) in [7, 11) is 1.82. The van der Waals surface area contributed by atoms with E-state index in [1.165, 1.54) is 54.7 Å². The molecule has 2 aliphatic heterocycles. The minimum absolute atomic E-state index is 0. The molecule has 7 heteroatoms. The van der Waals surface area contributed by atoms with Crippen molar-refractivity contribution in [2.75, 3.05) is 51.3 Å². The summed E-state index contributed by atoms with van der Waals surface area (Å²) in [4.78, 5) is 9.38. The molecule has 0 aliphatic carbocycles. The van der Waals surface area contributed by atoms with Crippen LogP contribution in [-0.4, -0.2) is 57.3 Å². The van der Waals surface area contributed by atoms with Gasteiger partial charge in [0.15, 0.2) is 5.96 Å². The van der Waals surface area contributed by atoms with E-state index in [9.17, 15) is 0 Å². The molecule has 4 rings (SSSR count). The molecule has 2 aromatic rings. The largest absolute Gasteiger partial charge is 0.378 e. The number of ether oxygens (including phenoxy) is 1. The van der Waals surface area contributed by atoms with Gasteiger partial charge < -0.3 is 20.3 Å². The van der Waals surface area contributed by atoms with E-state index >= 15 is 0 Å². The normalized spacial score (nSPS) is 17.4. The summed E-state index contributed by atoms with van der Waals surface area (Å²) in [5.41, 5.74) is 5.23. The van der Waals surface area contributed by atoms with Crippen LogP contribution in [0.1, 0.15) is 36.0 Å². The predicted octanol–water partition coefficient (Wildman–Crippen LogP) is 3.99. The lowest BCUT2D eigenvalue weighted by molar-refractivity contribution is 0.122. The zero-order valence-electron chi connectivity index (χ0n) is 19.8. The van der Waals surface area contributed by atoms with Crippen LogP contribution in [0.25, 0.3) is 0 Å². The molecule has 33 heavy (non-hydrogen) atoms. The Hall–Kier alpha value is -1.84. The standard InChI is InChI=1S/C26H37N5O.HI/c1-27-26(29-20-24-7-3-4-8-25(24)31-15-17-32-18-16-31)28-19-22-9-11-23(12-10-22)21-30-13-5-2-6-14-30;/h3-4,7-12H,2,5-6,13-21H2,1H3,(H2,27,28,29);1H. The quantitative estimate of drug-likeness (QED) is 0.303. The Morgan fingerprint density at radius 3 is 2.24 bits per heavy atom. The van der Waals surface area contributed by atoms with Gasteiger partial charge in [0.25, 0.3) is 0 Å². The summed E-state index contributed by atoms with van der Waals surface area (Å²) in [5, 5.41) is 6.93. The van der Waals surface area contributed by atoms with Crippen LogP contribution in [0.2, 0.25) is 0 Å². The monoisotopic (exact) mass is 563 g/mol. The highest BCUT2D eigenvalue weighted by Crippen LogP contribution is 2.21. The lowest BCUT2D eigenvalue weighted by atomic mass is 10.1. The average Bonchev–Trinajstić information content (AvgIpc) is 2.86. The van der Waals surface area contributed by atoms with Crippen LogP contribution in [0.5, 0.6) is 0 Å². The van der Waals surface area contributed by atoms with Gasteiger partial charge in [0.1, 0.15) is 0 Å². The number of nitrogens with one attached hydrogen (secondary N) is 2. The third-order valence-electron chi connectivity index (χ3n) is 6.35. The molecule has 0 spiro atoms. The van der Waals surface area contributed by atoms with Crippen molar-refractivity contribution in [1.82, 2.24) is 15.5 Å². The number of para-hydroxylation sites is 1. The van der Waals surface area contributed by atoms with E-state index < -0.39 is 0 Å². The fourth-order valence-electron chi connectivity index (χ4n) is 4.50. The fraction of sp³-hybridized carbons (Fsp3) is 0.500. The molecule has 2 aliphatic rings. The molecule has 2 fully saturated rings. The number of hydrogen-bond donors (Lipinski definition) is 2. The summed E-state index contributed by atoms with van der Waals surface area (Å²) in [6.45, 7) is 8.51. The Labute approximate surface area is 215 Å². The molecular weight excluding hydrogens is 525 g/mol. The number of nitrogens with zero attached hydrogens (tertiary/aromatic N) is 3. The molecule has 0 saturated carbocycles. The van der Waals surface area contributed by atoms with Crippen molar-refractivity contribution < 1.29 is 4.74 Å². The first kappa shape index (κ1) is 25.8. The molecule has 2 N–H and O–H groups in total. The molecule has 2 saturated heterocycles. The second-order valence-electron chi connectivity index (χ2n) is 8.66. The van der Waals surface area contributed by atoms with Gasteiger partial charge in [-0.2, -0.15) is 0 Å². The maximum absolute atomic E-state index is 5.51. The average molecular weight is 564 g/mol. The maximum atomic E-state index is 5.51. The second kappa shape index (κ2) is 13.8. The molecule has 0 radical (unpaired) electrons. The Morgan fingerprint density at radius 2 is 1.52 bits per heavy atom. The number of piperidine rings is 1. The van der Waals surface area contributed by atoms with Crippen molar-refractivity contribution in [3.05, 3.63) is 65.2 Å². The number of likely N-dealkylation sites (tertiary alicyclic amines) is 1. The van der Waals surface area contributed by atoms with Crippen molar-refractivity contribution in [2.24, 2.45) is 4.99 Å². The molecule has 6 nitrogen and oxygen atoms in total. The van der Waals surface area contributed by atoms with Gasteiger partial charge in [-0.05, 0) is 48.7 Å². The van der Waals surface area contributed by atoms with E-state index in [0.29, 0.717) is 0 Å². The molecule has 180 valence electrons. The van der Waals surface area contributed by atoms with Crippen LogP contribution < -0.4 is 15.5 Å². The molecule has 0 aromatic heterocycles. The van der Waals surface area contributed by atoms with Crippen molar-refractivity contribution >= 4 is 35.6 Å². The van der Waals surface area contributed by atoms with Crippen LogP contribution in [0.15, 0.2) is 53.5 Å². The third kappa shape index (κ3) is 7.86. The summed E-state index contributed by atoms with van der Waals surface area (Å²) in [6.07, 6.45) is 4.06. The van der Waals surface area contributed by atoms with E-state index in [0.717, 1.165) is 51.9 Å². The summed E-state index contributed by atoms with van der Waals surface area (Å²) in [5.74, 6) is 0.819. The Kier molecular flexibility index (Phi) is 10.8. The number of aliphatic imine (C=N–C) groups is 1. The van der Waals surface area contributed by atoms with Crippen molar-refractivity contribution in [1.29, 1.82) is 0 Å².